The van der Waals surface area contributed by atoms with Crippen LogP contribution in [-0.2, 0) is 6.42 Å². The number of allylic oxidation sites excluding steroid dienone is 1. The zero-order valence-electron chi connectivity index (χ0n) is 27.0. The number of aromatic nitrogens is 3. The van der Waals surface area contributed by atoms with Crippen LogP contribution in [0.5, 0.6) is 0 Å². The summed E-state index contributed by atoms with van der Waals surface area (Å²) in [6.45, 7) is 0. The van der Waals surface area contributed by atoms with Crippen LogP contribution in [0.3, 0.4) is 0 Å². The van der Waals surface area contributed by atoms with Crippen LogP contribution in [0.1, 0.15) is 16.9 Å². The van der Waals surface area contributed by atoms with Crippen molar-refractivity contribution in [2.75, 3.05) is 0 Å². The number of para-hydroxylation sites is 2. The largest absolute Gasteiger partial charge is 0.455 e. The highest BCUT2D eigenvalue weighted by Crippen LogP contribution is 2.42. The Bertz CT molecular complexity index is 2760. The second-order valence-corrected chi connectivity index (χ2v) is 13.8. The summed E-state index contributed by atoms with van der Waals surface area (Å²) in [5.74, 6) is 1.88. The molecule has 0 bridgehead atoms. The number of hydrogen-bond acceptors (Lipinski definition) is 5. The zero-order valence-corrected chi connectivity index (χ0v) is 27.8. The molecule has 0 amide bonds. The van der Waals surface area contributed by atoms with Crippen LogP contribution in [0.25, 0.3) is 94.5 Å². The summed E-state index contributed by atoms with van der Waals surface area (Å²) >= 11 is 1.84. The van der Waals surface area contributed by atoms with E-state index in [0.717, 1.165) is 62.6 Å². The van der Waals surface area contributed by atoms with E-state index >= 15 is 0 Å². The van der Waals surface area contributed by atoms with Gasteiger partial charge in [0.25, 0.3) is 0 Å². The first-order valence-electron chi connectivity index (χ1n) is 16.9. The average Bonchev–Trinajstić information content (AvgIpc) is 3.77. The van der Waals surface area contributed by atoms with Gasteiger partial charge in [-0.1, -0.05) is 121 Å². The van der Waals surface area contributed by atoms with Crippen LogP contribution >= 0.6 is 11.3 Å². The van der Waals surface area contributed by atoms with E-state index in [1.165, 1.54) is 31.7 Å². The maximum absolute atomic E-state index is 6.47. The molecule has 236 valence electrons. The number of benzene rings is 6. The Morgan fingerprint density at radius 3 is 2.04 bits per heavy atom. The Morgan fingerprint density at radius 2 is 1.16 bits per heavy atom. The van der Waals surface area contributed by atoms with Gasteiger partial charge in [0.1, 0.15) is 11.2 Å². The smallest absolute Gasteiger partial charge is 0.167 e. The number of furan rings is 1. The van der Waals surface area contributed by atoms with E-state index in [9.17, 15) is 0 Å². The molecule has 50 heavy (non-hydrogen) atoms. The Hall–Kier alpha value is -6.17. The lowest BCUT2D eigenvalue weighted by Gasteiger charge is -2.12. The van der Waals surface area contributed by atoms with E-state index in [1.807, 2.05) is 35.6 Å². The molecule has 0 saturated heterocycles. The van der Waals surface area contributed by atoms with Crippen molar-refractivity contribution in [2.24, 2.45) is 0 Å². The van der Waals surface area contributed by atoms with E-state index in [-0.39, 0.29) is 0 Å². The number of aryl methyl sites for hydroxylation is 1. The van der Waals surface area contributed by atoms with E-state index in [4.69, 9.17) is 19.4 Å². The van der Waals surface area contributed by atoms with Gasteiger partial charge in [0, 0.05) is 36.9 Å². The molecule has 0 spiro atoms. The molecule has 3 aromatic heterocycles. The fourth-order valence-electron chi connectivity index (χ4n) is 7.21. The quantitative estimate of drug-likeness (QED) is 0.184. The molecule has 4 nitrogen and oxygen atoms in total. The third-order valence-electron chi connectivity index (χ3n) is 9.64. The lowest BCUT2D eigenvalue weighted by molar-refractivity contribution is 0.669. The molecule has 0 fully saturated rings. The molecule has 6 aromatic carbocycles. The summed E-state index contributed by atoms with van der Waals surface area (Å²) in [6.07, 6.45) is 6.58. The molecule has 0 unspecified atom stereocenters. The molecule has 0 aliphatic heterocycles. The highest BCUT2D eigenvalue weighted by atomic mass is 32.1. The molecule has 0 atom stereocenters. The van der Waals surface area contributed by atoms with Crippen LogP contribution in [0.15, 0.2) is 150 Å². The maximum Gasteiger partial charge on any atom is 0.167 e. The Kier molecular flexibility index (Phi) is 6.78. The fraction of sp³-hybridized carbons (Fsp3) is 0.0444. The minimum absolute atomic E-state index is 0.591. The van der Waals surface area contributed by atoms with E-state index in [2.05, 4.69) is 127 Å². The third-order valence-corrected chi connectivity index (χ3v) is 10.8. The van der Waals surface area contributed by atoms with Gasteiger partial charge in [-0.3, -0.25) is 0 Å². The number of rotatable bonds is 5. The summed E-state index contributed by atoms with van der Waals surface area (Å²) in [4.78, 5) is 16.9. The maximum atomic E-state index is 6.47. The van der Waals surface area contributed by atoms with Crippen molar-refractivity contribution in [1.82, 2.24) is 15.0 Å². The first-order valence-corrected chi connectivity index (χ1v) is 17.7. The second kappa shape index (κ2) is 11.8. The topological polar surface area (TPSA) is 51.8 Å². The molecular weight excluding hydrogens is 631 g/mol. The molecular formula is C45H29N3OS. The fourth-order valence-corrected chi connectivity index (χ4v) is 8.42. The Morgan fingerprint density at radius 1 is 0.520 bits per heavy atom. The first-order chi connectivity index (χ1) is 24.8. The molecule has 0 saturated carbocycles. The molecule has 0 N–H and O–H groups in total. The minimum Gasteiger partial charge on any atom is -0.455 e. The van der Waals surface area contributed by atoms with Gasteiger partial charge in [0.05, 0.1) is 5.56 Å². The van der Waals surface area contributed by atoms with Crippen LogP contribution in [-0.4, -0.2) is 15.0 Å². The van der Waals surface area contributed by atoms with Crippen LogP contribution in [0.2, 0.25) is 0 Å². The van der Waals surface area contributed by atoms with Crippen molar-refractivity contribution >= 4 is 49.4 Å². The summed E-state index contributed by atoms with van der Waals surface area (Å²) in [6, 6.07) is 48.6. The van der Waals surface area contributed by atoms with Gasteiger partial charge in [0.2, 0.25) is 0 Å². The van der Waals surface area contributed by atoms with Gasteiger partial charge in [-0.15, -0.1) is 11.3 Å². The van der Waals surface area contributed by atoms with Crippen molar-refractivity contribution in [3.05, 3.63) is 156 Å². The molecule has 10 rings (SSSR count). The van der Waals surface area contributed by atoms with E-state index in [0.29, 0.717) is 17.5 Å². The monoisotopic (exact) mass is 659 g/mol. The first kappa shape index (κ1) is 28.8. The number of thiophene rings is 1. The van der Waals surface area contributed by atoms with Gasteiger partial charge >= 0.3 is 0 Å². The van der Waals surface area contributed by atoms with Crippen LogP contribution < -0.4 is 0 Å². The standard InChI is InChI=1S/C45H29N3OS/c1-2-11-28(12-3-1)29-23-25-30(26-24-29)31-13-8-14-32(27-31)43-46-44(36-18-10-22-40-41(36)35-16-5-7-21-39(35)50-40)48-45(47-43)37-19-9-17-34-33-15-4-6-20-38(33)49-42(34)37/h1-4,6-15,17-27H,5,16H2. The van der Waals surface area contributed by atoms with Crippen molar-refractivity contribution in [3.63, 3.8) is 0 Å². The van der Waals surface area contributed by atoms with E-state index < -0.39 is 0 Å². The summed E-state index contributed by atoms with van der Waals surface area (Å²) in [7, 11) is 0. The van der Waals surface area contributed by atoms with Crippen molar-refractivity contribution in [2.45, 2.75) is 12.8 Å². The highest BCUT2D eigenvalue weighted by Gasteiger charge is 2.21. The van der Waals surface area contributed by atoms with Gasteiger partial charge in [-0.25, -0.2) is 15.0 Å². The van der Waals surface area contributed by atoms with Crippen LogP contribution in [0, 0.1) is 0 Å². The molecule has 9 aromatic rings. The summed E-state index contributed by atoms with van der Waals surface area (Å²) in [5, 5.41) is 3.37. The lowest BCUT2D eigenvalue weighted by Crippen LogP contribution is -2.01. The number of hydrogen-bond donors (Lipinski definition) is 0. The Balaban J connectivity index is 1.16. The molecule has 0 radical (unpaired) electrons. The average molecular weight is 660 g/mol. The predicted octanol–water partition coefficient (Wildman–Crippen LogP) is 12.3. The third kappa shape index (κ3) is 4.86. The van der Waals surface area contributed by atoms with E-state index in [1.54, 1.807) is 0 Å². The zero-order chi connectivity index (χ0) is 33.0. The SMILES string of the molecule is C1=Cc2sc3cccc(-c4nc(-c5cccc(-c6ccc(-c7ccccc7)cc6)c5)nc(-c5cccc6c5oc5ccccc56)n4)c3c2CC1. The van der Waals surface area contributed by atoms with Crippen molar-refractivity contribution < 1.29 is 4.42 Å². The van der Waals surface area contributed by atoms with Gasteiger partial charge in [-0.2, -0.15) is 0 Å². The molecule has 3 heterocycles. The Labute approximate surface area is 293 Å². The van der Waals surface area contributed by atoms with Crippen molar-refractivity contribution in [1.29, 1.82) is 0 Å². The highest BCUT2D eigenvalue weighted by molar-refractivity contribution is 7.20. The molecule has 1 aliphatic carbocycles. The predicted molar refractivity (Wildman–Crippen MR) is 207 cm³/mol. The van der Waals surface area contributed by atoms with Gasteiger partial charge in [-0.05, 0) is 71.0 Å². The second-order valence-electron chi connectivity index (χ2n) is 12.7. The number of nitrogens with zero attached hydrogens (tertiary/aromatic N) is 3. The van der Waals surface area contributed by atoms with Crippen molar-refractivity contribution in [3.8, 4) is 56.4 Å². The van der Waals surface area contributed by atoms with Gasteiger partial charge in [0.15, 0.2) is 17.5 Å². The normalized spacial score (nSPS) is 12.6. The molecule has 5 heteroatoms. The summed E-state index contributed by atoms with van der Waals surface area (Å²) in [5.41, 5.74) is 10.4. The molecule has 1 aliphatic rings. The van der Waals surface area contributed by atoms with Crippen LogP contribution in [0.4, 0.5) is 0 Å². The number of fused-ring (bicyclic) bond motifs is 6. The summed E-state index contributed by atoms with van der Waals surface area (Å²) < 4.78 is 7.73. The lowest BCUT2D eigenvalue weighted by atomic mass is 9.97. The van der Waals surface area contributed by atoms with Gasteiger partial charge < -0.3 is 4.42 Å². The minimum atomic E-state index is 0.591.